The van der Waals surface area contributed by atoms with Crippen LogP contribution in [0.15, 0.2) is 82.6 Å². The number of benzene rings is 3. The third kappa shape index (κ3) is 5.18. The monoisotopic (exact) mass is 491 g/mol. The molecule has 0 amide bonds. The van der Waals surface area contributed by atoms with Crippen LogP contribution >= 0.6 is 23.4 Å². The van der Waals surface area contributed by atoms with Gasteiger partial charge < -0.3 is 9.30 Å². The Morgan fingerprint density at radius 2 is 1.71 bits per heavy atom. The van der Waals surface area contributed by atoms with Crippen LogP contribution in [0.3, 0.4) is 0 Å². The summed E-state index contributed by atoms with van der Waals surface area (Å²) < 4.78 is 7.74. The summed E-state index contributed by atoms with van der Waals surface area (Å²) in [6.45, 7) is 9.21. The molecule has 0 spiro atoms. The lowest BCUT2D eigenvalue weighted by Crippen LogP contribution is -2.18. The number of aromatic nitrogens is 1. The van der Waals surface area contributed by atoms with E-state index in [0.717, 1.165) is 26.6 Å². The van der Waals surface area contributed by atoms with E-state index in [1.807, 2.05) is 56.3 Å². The van der Waals surface area contributed by atoms with E-state index >= 15 is 0 Å². The number of rotatable bonds is 8. The lowest BCUT2D eigenvalue weighted by Gasteiger charge is -2.18. The summed E-state index contributed by atoms with van der Waals surface area (Å²) in [6.07, 6.45) is 0. The van der Waals surface area contributed by atoms with Crippen molar-refractivity contribution in [3.05, 3.63) is 94.6 Å². The number of carbonyl (C=O) groups excluding carboxylic acids is 1. The van der Waals surface area contributed by atoms with Crippen molar-refractivity contribution in [1.29, 1.82) is 0 Å². The van der Waals surface area contributed by atoms with Crippen molar-refractivity contribution in [2.45, 2.75) is 55.9 Å². The number of hydrogen-bond acceptors (Lipinski definition) is 3. The van der Waals surface area contributed by atoms with Gasteiger partial charge >= 0.3 is 5.97 Å². The highest BCUT2D eigenvalue weighted by atomic mass is 35.5. The summed E-state index contributed by atoms with van der Waals surface area (Å²) in [5.74, 6) is -0.209. The van der Waals surface area contributed by atoms with Gasteiger partial charge in [0.05, 0.1) is 12.5 Å². The van der Waals surface area contributed by atoms with Crippen molar-refractivity contribution in [2.24, 2.45) is 0 Å². The van der Waals surface area contributed by atoms with Crippen LogP contribution in [-0.4, -0.2) is 17.1 Å². The minimum Gasteiger partial charge on any atom is -0.465 e. The van der Waals surface area contributed by atoms with Gasteiger partial charge in [0.15, 0.2) is 0 Å². The number of esters is 1. The van der Waals surface area contributed by atoms with Crippen molar-refractivity contribution in [3.63, 3.8) is 0 Å². The van der Waals surface area contributed by atoms with E-state index < -0.39 is 5.92 Å². The zero-order valence-electron chi connectivity index (χ0n) is 20.0. The first-order valence-corrected chi connectivity index (χ1v) is 12.9. The smallest absolute Gasteiger partial charge is 0.314 e. The average molecular weight is 492 g/mol. The molecule has 1 aromatic heterocycles. The SMILES string of the molecule is CCOC(=O)C(C)c1c(Sc2ccccc2)c2cc(C(C)C)ccc2n1Cc1ccc(Cl)cc1. The maximum absolute atomic E-state index is 13.0. The van der Waals surface area contributed by atoms with Crippen LogP contribution in [0, 0.1) is 0 Å². The Morgan fingerprint density at radius 1 is 1.00 bits per heavy atom. The molecule has 1 heterocycles. The molecule has 4 rings (SSSR count). The lowest BCUT2D eigenvalue weighted by molar-refractivity contribution is -0.144. The first-order valence-electron chi connectivity index (χ1n) is 11.7. The van der Waals surface area contributed by atoms with Gasteiger partial charge in [0, 0.05) is 38.0 Å². The van der Waals surface area contributed by atoms with Crippen LogP contribution in [0.1, 0.15) is 56.4 Å². The van der Waals surface area contributed by atoms with Gasteiger partial charge in [-0.1, -0.05) is 73.6 Å². The molecule has 5 heteroatoms. The summed E-state index contributed by atoms with van der Waals surface area (Å²) in [4.78, 5) is 15.2. The molecule has 1 unspecified atom stereocenters. The molecule has 1 atom stereocenters. The first kappa shape index (κ1) is 24.4. The van der Waals surface area contributed by atoms with E-state index in [1.165, 1.54) is 10.9 Å². The zero-order valence-corrected chi connectivity index (χ0v) is 21.6. The van der Waals surface area contributed by atoms with Crippen LogP contribution in [0.5, 0.6) is 0 Å². The summed E-state index contributed by atoms with van der Waals surface area (Å²) in [5.41, 5.74) is 4.51. The highest BCUT2D eigenvalue weighted by Gasteiger charge is 2.28. The average Bonchev–Trinajstić information content (AvgIpc) is 3.13. The number of fused-ring (bicyclic) bond motifs is 1. The van der Waals surface area contributed by atoms with Gasteiger partial charge in [0.2, 0.25) is 0 Å². The third-order valence-corrected chi connectivity index (χ3v) is 7.41. The Bertz CT molecular complexity index is 1280. The maximum atomic E-state index is 13.0. The Balaban J connectivity index is 1.96. The van der Waals surface area contributed by atoms with Gasteiger partial charge in [0.25, 0.3) is 0 Å². The largest absolute Gasteiger partial charge is 0.465 e. The topological polar surface area (TPSA) is 31.2 Å². The molecule has 0 radical (unpaired) electrons. The van der Waals surface area contributed by atoms with Crippen LogP contribution in [0.4, 0.5) is 0 Å². The number of halogens is 1. The molecule has 3 nitrogen and oxygen atoms in total. The predicted octanol–water partition coefficient (Wildman–Crippen LogP) is 8.28. The standard InChI is InChI=1S/C29H30ClNO2S/c1-5-33-29(32)20(4)27-28(34-24-9-7-6-8-10-24)25-17-22(19(2)3)13-16-26(25)31(27)18-21-11-14-23(30)15-12-21/h6-17,19-20H,5,18H2,1-4H3. The van der Waals surface area contributed by atoms with Crippen molar-refractivity contribution < 1.29 is 9.53 Å². The van der Waals surface area contributed by atoms with Crippen LogP contribution < -0.4 is 0 Å². The fourth-order valence-corrected chi connectivity index (χ4v) is 5.51. The fourth-order valence-electron chi connectivity index (χ4n) is 4.19. The summed E-state index contributed by atoms with van der Waals surface area (Å²) in [6, 6.07) is 24.9. The molecule has 3 aromatic carbocycles. The van der Waals surface area contributed by atoms with Crippen molar-refractivity contribution >= 4 is 40.2 Å². The molecule has 0 saturated carbocycles. The summed E-state index contributed by atoms with van der Waals surface area (Å²) >= 11 is 7.85. The van der Waals surface area contributed by atoms with E-state index in [-0.39, 0.29) is 5.97 Å². The first-order chi connectivity index (χ1) is 16.4. The minimum absolute atomic E-state index is 0.207. The molecular formula is C29H30ClNO2S. The number of carbonyl (C=O) groups is 1. The number of ether oxygens (including phenoxy) is 1. The zero-order chi connectivity index (χ0) is 24.2. The van der Waals surface area contributed by atoms with Gasteiger partial charge in [-0.15, -0.1) is 0 Å². The Morgan fingerprint density at radius 3 is 2.35 bits per heavy atom. The van der Waals surface area contributed by atoms with Crippen molar-refractivity contribution in [1.82, 2.24) is 4.57 Å². The second-order valence-corrected chi connectivity index (χ2v) is 10.3. The minimum atomic E-state index is -0.409. The molecule has 0 saturated heterocycles. The quantitative estimate of drug-likeness (QED) is 0.232. The molecule has 0 fully saturated rings. The lowest BCUT2D eigenvalue weighted by atomic mass is 10.0. The number of hydrogen-bond donors (Lipinski definition) is 0. The third-order valence-electron chi connectivity index (χ3n) is 6.01. The second kappa shape index (κ2) is 10.7. The van der Waals surface area contributed by atoms with E-state index in [0.29, 0.717) is 24.1 Å². The number of nitrogens with zero attached hydrogens (tertiary/aromatic N) is 1. The van der Waals surface area contributed by atoms with Gasteiger partial charge in [-0.3, -0.25) is 4.79 Å². The molecular weight excluding hydrogens is 462 g/mol. The van der Waals surface area contributed by atoms with E-state index in [9.17, 15) is 4.79 Å². The molecule has 0 aliphatic heterocycles. The highest BCUT2D eigenvalue weighted by Crippen LogP contribution is 2.43. The molecule has 0 N–H and O–H groups in total. The normalized spacial score (nSPS) is 12.3. The summed E-state index contributed by atoms with van der Waals surface area (Å²) in [5, 5.41) is 1.88. The summed E-state index contributed by atoms with van der Waals surface area (Å²) in [7, 11) is 0. The van der Waals surface area contributed by atoms with Gasteiger partial charge in [0.1, 0.15) is 0 Å². The van der Waals surface area contributed by atoms with Gasteiger partial charge in [-0.05, 0) is 67.3 Å². The molecule has 176 valence electrons. The molecule has 0 aliphatic carbocycles. The second-order valence-electron chi connectivity index (χ2n) is 8.75. The predicted molar refractivity (Wildman–Crippen MR) is 142 cm³/mol. The van der Waals surface area contributed by atoms with E-state index in [4.69, 9.17) is 16.3 Å². The van der Waals surface area contributed by atoms with E-state index in [2.05, 4.69) is 48.7 Å². The fraction of sp³-hybridized carbons (Fsp3) is 0.276. The molecule has 34 heavy (non-hydrogen) atoms. The Kier molecular flexibility index (Phi) is 7.70. The molecule has 0 aliphatic rings. The van der Waals surface area contributed by atoms with Crippen molar-refractivity contribution in [3.8, 4) is 0 Å². The maximum Gasteiger partial charge on any atom is 0.314 e. The van der Waals surface area contributed by atoms with Crippen molar-refractivity contribution in [2.75, 3.05) is 6.61 Å². The molecule has 0 bridgehead atoms. The van der Waals surface area contributed by atoms with Crippen LogP contribution in [0.25, 0.3) is 10.9 Å². The molecule has 4 aromatic rings. The Hall–Kier alpha value is -2.69. The van der Waals surface area contributed by atoms with Gasteiger partial charge in [-0.25, -0.2) is 0 Å². The van der Waals surface area contributed by atoms with E-state index in [1.54, 1.807) is 11.8 Å². The van der Waals surface area contributed by atoms with Crippen LogP contribution in [0.2, 0.25) is 5.02 Å². The highest BCUT2D eigenvalue weighted by molar-refractivity contribution is 7.99. The van der Waals surface area contributed by atoms with Gasteiger partial charge in [-0.2, -0.15) is 0 Å². The Labute approximate surface area is 211 Å². The van der Waals surface area contributed by atoms with Crippen LogP contribution in [-0.2, 0) is 16.1 Å².